The number of rotatable bonds is 41. The van der Waals surface area contributed by atoms with Crippen molar-refractivity contribution in [1.29, 1.82) is 0 Å². The largest absolute Gasteiger partial charge is 0.465 e. The second-order valence-electron chi connectivity index (χ2n) is 16.9. The highest BCUT2D eigenvalue weighted by Crippen LogP contribution is 2.25. The number of carbonyl (C=O) groups excluding carboxylic acids is 3. The lowest BCUT2D eigenvalue weighted by Gasteiger charge is -2.21. The third-order valence-electron chi connectivity index (χ3n) is 11.4. The summed E-state index contributed by atoms with van der Waals surface area (Å²) in [5, 5.41) is 2.86. The number of unbranched alkanes of at least 4 members (excludes halogenated alkanes) is 8. The highest BCUT2D eigenvalue weighted by Gasteiger charge is 2.20. The van der Waals surface area contributed by atoms with E-state index >= 15 is 0 Å². The molecular weight excluding hydrogens is 757 g/mol. The molecule has 0 aliphatic carbocycles. The average Bonchev–Trinajstić information content (AvgIpc) is 3.77. The number of hydrogen-bond acceptors (Lipinski definition) is 9. The Kier molecular flexibility index (Phi) is 37.6. The fourth-order valence-electron chi connectivity index (χ4n) is 7.59. The van der Waals surface area contributed by atoms with Crippen molar-refractivity contribution < 1.29 is 38.1 Å². The second-order valence-corrected chi connectivity index (χ2v) is 16.9. The lowest BCUT2D eigenvalue weighted by Crippen LogP contribution is -2.35. The van der Waals surface area contributed by atoms with Crippen LogP contribution in [0.5, 0.6) is 0 Å². The summed E-state index contributed by atoms with van der Waals surface area (Å²) in [6.07, 6.45) is 33.1. The van der Waals surface area contributed by atoms with Crippen LogP contribution in [0.1, 0.15) is 202 Å². The SMILES string of the molecule is CC/C=C\CCCCOC(CCC(=O)OCC(CCCC(CCCCC)CCCCC)COC(=O)CCC(CC)OC(=O)NCCN1CCCC1)OCCCC/C=C\CC. The predicted octanol–water partition coefficient (Wildman–Crippen LogP) is 12.4. The van der Waals surface area contributed by atoms with Gasteiger partial charge in [0, 0.05) is 45.1 Å². The van der Waals surface area contributed by atoms with Gasteiger partial charge in [0.05, 0.1) is 19.6 Å². The van der Waals surface area contributed by atoms with Gasteiger partial charge in [0.25, 0.3) is 0 Å². The third-order valence-corrected chi connectivity index (χ3v) is 11.4. The van der Waals surface area contributed by atoms with Gasteiger partial charge in [0.15, 0.2) is 6.29 Å². The molecule has 10 nitrogen and oxygen atoms in total. The summed E-state index contributed by atoms with van der Waals surface area (Å²) in [6, 6.07) is 0. The molecule has 0 aromatic carbocycles. The Morgan fingerprint density at radius 3 is 1.67 bits per heavy atom. The number of carbonyl (C=O) groups is 3. The number of likely N-dealkylation sites (tertiary alicyclic amines) is 1. The monoisotopic (exact) mass is 849 g/mol. The molecule has 2 unspecified atom stereocenters. The van der Waals surface area contributed by atoms with Crippen molar-refractivity contribution in [2.75, 3.05) is 52.6 Å². The molecule has 0 radical (unpaired) electrons. The Labute approximate surface area is 368 Å². The van der Waals surface area contributed by atoms with Crippen molar-refractivity contribution in [3.8, 4) is 0 Å². The van der Waals surface area contributed by atoms with E-state index in [1.807, 2.05) is 6.92 Å². The number of nitrogens with one attached hydrogen (secondary N) is 1. The van der Waals surface area contributed by atoms with Crippen LogP contribution < -0.4 is 5.32 Å². The molecule has 0 saturated carbocycles. The zero-order chi connectivity index (χ0) is 43.7. The Bertz CT molecular complexity index is 1040. The fraction of sp³-hybridized carbons (Fsp3) is 0.860. The molecule has 0 bridgehead atoms. The number of nitrogens with zero attached hydrogens (tertiary/aromatic N) is 1. The topological polar surface area (TPSA) is 113 Å². The minimum absolute atomic E-state index is 0.0868. The van der Waals surface area contributed by atoms with E-state index in [0.717, 1.165) is 90.3 Å². The standard InChI is InChI=1S/C50H92N2O8/c1-6-11-15-17-19-25-40-56-49(57-41-26-20-18-16-12-7-2)35-34-48(54)59-43-45(31-27-30-44(28-21-13-8-3)29-22-14-9-4)42-58-47(53)33-32-46(10-5)60-50(55)51-36-39-52-37-23-24-38-52/h11-12,15-16,44-46,49H,6-10,13-14,17-43H2,1-5H3,(H,51,55)/b15-11-,16-12-. The summed E-state index contributed by atoms with van der Waals surface area (Å²) >= 11 is 0. The van der Waals surface area contributed by atoms with Gasteiger partial charge >= 0.3 is 18.0 Å². The van der Waals surface area contributed by atoms with Crippen LogP contribution in [-0.4, -0.2) is 87.9 Å². The van der Waals surface area contributed by atoms with Gasteiger partial charge in [-0.1, -0.05) is 123 Å². The normalized spacial score (nSPS) is 14.4. The van der Waals surface area contributed by atoms with Crippen LogP contribution in [0.4, 0.5) is 4.79 Å². The molecule has 1 amide bonds. The van der Waals surface area contributed by atoms with Gasteiger partial charge in [-0.2, -0.15) is 0 Å². The Morgan fingerprint density at radius 2 is 1.13 bits per heavy atom. The number of ether oxygens (including phenoxy) is 5. The van der Waals surface area contributed by atoms with E-state index in [2.05, 4.69) is 62.2 Å². The molecule has 10 heteroatoms. The second kappa shape index (κ2) is 40.6. The van der Waals surface area contributed by atoms with Crippen LogP contribution in [0, 0.1) is 11.8 Å². The zero-order valence-corrected chi connectivity index (χ0v) is 39.4. The lowest BCUT2D eigenvalue weighted by atomic mass is 9.89. The number of alkyl carbamates (subject to hydrolysis) is 1. The van der Waals surface area contributed by atoms with E-state index in [0.29, 0.717) is 44.9 Å². The highest BCUT2D eigenvalue weighted by atomic mass is 16.7. The maximum Gasteiger partial charge on any atom is 0.407 e. The lowest BCUT2D eigenvalue weighted by molar-refractivity contribution is -0.161. The minimum atomic E-state index is -0.444. The van der Waals surface area contributed by atoms with Gasteiger partial charge in [-0.05, 0) is 102 Å². The van der Waals surface area contributed by atoms with E-state index in [1.165, 1.54) is 64.2 Å². The van der Waals surface area contributed by atoms with Crippen LogP contribution in [-0.2, 0) is 33.3 Å². The number of allylic oxidation sites excluding steroid dienone is 4. The summed E-state index contributed by atoms with van der Waals surface area (Å²) in [5.41, 5.74) is 0. The van der Waals surface area contributed by atoms with Gasteiger partial charge in [-0.15, -0.1) is 0 Å². The summed E-state index contributed by atoms with van der Waals surface area (Å²) in [6.45, 7) is 15.9. The van der Waals surface area contributed by atoms with Crippen LogP contribution in [0.2, 0.25) is 0 Å². The molecule has 350 valence electrons. The molecule has 60 heavy (non-hydrogen) atoms. The molecule has 1 N–H and O–H groups in total. The van der Waals surface area contributed by atoms with E-state index in [9.17, 15) is 14.4 Å². The Balaban J connectivity index is 2.73. The predicted molar refractivity (Wildman–Crippen MR) is 246 cm³/mol. The number of amides is 1. The van der Waals surface area contributed by atoms with Crippen LogP contribution >= 0.6 is 0 Å². The van der Waals surface area contributed by atoms with E-state index in [4.69, 9.17) is 23.7 Å². The van der Waals surface area contributed by atoms with Gasteiger partial charge in [-0.25, -0.2) is 4.79 Å². The van der Waals surface area contributed by atoms with Crippen molar-refractivity contribution in [2.24, 2.45) is 11.8 Å². The van der Waals surface area contributed by atoms with Gasteiger partial charge in [0.1, 0.15) is 6.10 Å². The molecule has 2 atom stereocenters. The number of esters is 2. The maximum atomic E-state index is 13.1. The molecule has 1 saturated heterocycles. The highest BCUT2D eigenvalue weighted by molar-refractivity contribution is 5.70. The first-order valence-electron chi connectivity index (χ1n) is 24.9. The van der Waals surface area contributed by atoms with Gasteiger partial charge in [0.2, 0.25) is 0 Å². The first-order valence-corrected chi connectivity index (χ1v) is 24.9. The van der Waals surface area contributed by atoms with Crippen LogP contribution in [0.3, 0.4) is 0 Å². The molecule has 0 spiro atoms. The van der Waals surface area contributed by atoms with Crippen molar-refractivity contribution in [3.05, 3.63) is 24.3 Å². The van der Waals surface area contributed by atoms with Gasteiger partial charge in [-0.3, -0.25) is 9.59 Å². The smallest absolute Gasteiger partial charge is 0.407 e. The Hall–Kier alpha value is -2.43. The van der Waals surface area contributed by atoms with Crippen molar-refractivity contribution >= 4 is 18.0 Å². The molecule has 0 aromatic heterocycles. The quantitative estimate of drug-likeness (QED) is 0.0211. The molecule has 1 aliphatic heterocycles. The molecular formula is C50H92N2O8. The molecule has 1 fully saturated rings. The summed E-state index contributed by atoms with van der Waals surface area (Å²) in [4.78, 5) is 40.9. The van der Waals surface area contributed by atoms with Crippen molar-refractivity contribution in [2.45, 2.75) is 214 Å². The summed E-state index contributed by atoms with van der Waals surface area (Å²) in [7, 11) is 0. The third kappa shape index (κ3) is 33.2. The molecule has 0 aromatic rings. The molecule has 1 rings (SSSR count). The van der Waals surface area contributed by atoms with Crippen molar-refractivity contribution in [1.82, 2.24) is 10.2 Å². The number of hydrogen-bond donors (Lipinski definition) is 1. The fourth-order valence-corrected chi connectivity index (χ4v) is 7.59. The zero-order valence-electron chi connectivity index (χ0n) is 39.4. The first kappa shape index (κ1) is 55.6. The van der Waals surface area contributed by atoms with Crippen molar-refractivity contribution in [3.63, 3.8) is 0 Å². The van der Waals surface area contributed by atoms with Crippen LogP contribution in [0.15, 0.2) is 24.3 Å². The average molecular weight is 849 g/mol. The van der Waals surface area contributed by atoms with Gasteiger partial charge < -0.3 is 33.9 Å². The summed E-state index contributed by atoms with van der Waals surface area (Å²) in [5.74, 6) is 0.0161. The van der Waals surface area contributed by atoms with E-state index in [1.54, 1.807) is 0 Å². The van der Waals surface area contributed by atoms with E-state index in [-0.39, 0.29) is 50.0 Å². The molecule has 1 aliphatic rings. The first-order chi connectivity index (χ1) is 29.3. The minimum Gasteiger partial charge on any atom is -0.465 e. The van der Waals surface area contributed by atoms with E-state index < -0.39 is 12.4 Å². The molecule has 1 heterocycles. The van der Waals surface area contributed by atoms with Crippen LogP contribution in [0.25, 0.3) is 0 Å². The maximum absolute atomic E-state index is 13.1. The Morgan fingerprint density at radius 1 is 0.600 bits per heavy atom. The summed E-state index contributed by atoms with van der Waals surface area (Å²) < 4.78 is 29.5.